The lowest BCUT2D eigenvalue weighted by Crippen LogP contribution is -2.26. The van der Waals surface area contributed by atoms with Crippen molar-refractivity contribution in [2.24, 2.45) is 5.92 Å². The predicted octanol–water partition coefficient (Wildman–Crippen LogP) is 6.03. The van der Waals surface area contributed by atoms with Gasteiger partial charge in [-0.15, -0.1) is 0 Å². The first-order chi connectivity index (χ1) is 15.9. The molecule has 0 saturated heterocycles. The quantitative estimate of drug-likeness (QED) is 0.276. The third-order valence-corrected chi connectivity index (χ3v) is 4.87. The third kappa shape index (κ3) is 8.67. The van der Waals surface area contributed by atoms with Crippen LogP contribution >= 0.6 is 0 Å². The van der Waals surface area contributed by atoms with E-state index in [9.17, 15) is 23.5 Å². The summed E-state index contributed by atoms with van der Waals surface area (Å²) < 4.78 is 32.2. The van der Waals surface area contributed by atoms with Crippen molar-refractivity contribution in [1.82, 2.24) is 0 Å². The zero-order valence-corrected chi connectivity index (χ0v) is 20.3. The number of ether oxygens (including phenoxy) is 1. The molecule has 2 aromatic carbocycles. The first-order valence-corrected chi connectivity index (χ1v) is 11.2. The van der Waals surface area contributed by atoms with E-state index in [1.807, 2.05) is 13.8 Å². The van der Waals surface area contributed by atoms with E-state index >= 15 is 0 Å². The molecule has 0 bridgehead atoms. The lowest BCUT2D eigenvalue weighted by atomic mass is 9.87. The molecule has 0 spiro atoms. The molecule has 0 amide bonds. The highest BCUT2D eigenvalue weighted by molar-refractivity contribution is 5.96. The van der Waals surface area contributed by atoms with Crippen LogP contribution in [0.2, 0.25) is 0 Å². The second kappa shape index (κ2) is 11.8. The number of aliphatic hydroxyl groups is 1. The summed E-state index contributed by atoms with van der Waals surface area (Å²) >= 11 is 0. The smallest absolute Gasteiger partial charge is 0.313 e. The number of hydrogen-bond donors (Lipinski definition) is 1. The predicted molar refractivity (Wildman–Crippen MR) is 129 cm³/mol. The van der Waals surface area contributed by atoms with Crippen molar-refractivity contribution in [3.05, 3.63) is 89.0 Å². The van der Waals surface area contributed by atoms with E-state index in [0.29, 0.717) is 0 Å². The van der Waals surface area contributed by atoms with Gasteiger partial charge in [-0.3, -0.25) is 9.59 Å². The maximum absolute atomic E-state index is 13.5. The Labute approximate surface area is 200 Å². The van der Waals surface area contributed by atoms with Gasteiger partial charge in [0.05, 0.1) is 6.10 Å². The van der Waals surface area contributed by atoms with E-state index in [-0.39, 0.29) is 24.0 Å². The molecule has 1 N–H and O–H groups in total. The SMILES string of the molecule is CC(C)C(C=C[C@@H](O)CC(=O)CC(=O)OC(C)(C)C)=C(c1ccc(F)cc1)c1ccc(F)cc1. The van der Waals surface area contributed by atoms with Gasteiger partial charge in [0.25, 0.3) is 0 Å². The fourth-order valence-corrected chi connectivity index (χ4v) is 3.42. The Morgan fingerprint density at radius 2 is 1.41 bits per heavy atom. The Morgan fingerprint density at radius 3 is 1.82 bits per heavy atom. The summed E-state index contributed by atoms with van der Waals surface area (Å²) in [7, 11) is 0. The Hall–Kier alpha value is -3.12. The van der Waals surface area contributed by atoms with E-state index in [1.165, 1.54) is 30.3 Å². The van der Waals surface area contributed by atoms with Crippen LogP contribution in [0, 0.1) is 17.6 Å². The molecule has 0 aliphatic carbocycles. The van der Waals surface area contributed by atoms with Crippen molar-refractivity contribution in [2.75, 3.05) is 0 Å². The standard InChI is InChI=1S/C28H32F2O4/c1-18(2)25(15-14-23(31)16-24(32)17-26(33)34-28(3,4)5)27(19-6-10-21(29)11-7-19)20-8-12-22(30)13-9-20/h6-15,18,23,31H,16-17H2,1-5H3/t23-/m1/s1. The fraction of sp³-hybridized carbons (Fsp3) is 0.357. The molecule has 0 fully saturated rings. The van der Waals surface area contributed by atoms with Gasteiger partial charge in [-0.25, -0.2) is 8.78 Å². The molecular formula is C28H32F2O4. The van der Waals surface area contributed by atoms with Crippen LogP contribution in [0.1, 0.15) is 58.6 Å². The molecule has 0 aliphatic rings. The van der Waals surface area contributed by atoms with E-state index in [1.54, 1.807) is 51.1 Å². The van der Waals surface area contributed by atoms with E-state index < -0.39 is 29.9 Å². The minimum Gasteiger partial charge on any atom is -0.460 e. The van der Waals surface area contributed by atoms with Crippen LogP contribution in [0.3, 0.4) is 0 Å². The Kier molecular flexibility index (Phi) is 9.45. The van der Waals surface area contributed by atoms with Crippen LogP contribution < -0.4 is 0 Å². The molecule has 0 saturated carbocycles. The largest absolute Gasteiger partial charge is 0.460 e. The first kappa shape index (κ1) is 27.1. The number of ketones is 1. The van der Waals surface area contributed by atoms with Gasteiger partial charge in [0.15, 0.2) is 0 Å². The molecule has 4 nitrogen and oxygen atoms in total. The first-order valence-electron chi connectivity index (χ1n) is 11.2. The van der Waals surface area contributed by atoms with Crippen LogP contribution in [0.15, 0.2) is 66.3 Å². The molecular weight excluding hydrogens is 438 g/mol. The summed E-state index contributed by atoms with van der Waals surface area (Å²) in [6.07, 6.45) is 1.47. The molecule has 0 aromatic heterocycles. The summed E-state index contributed by atoms with van der Waals surface area (Å²) in [5.74, 6) is -1.82. The molecule has 0 heterocycles. The van der Waals surface area contributed by atoms with Crippen molar-refractivity contribution in [1.29, 1.82) is 0 Å². The maximum atomic E-state index is 13.5. The van der Waals surface area contributed by atoms with Crippen LogP contribution in [0.4, 0.5) is 8.78 Å². The molecule has 0 radical (unpaired) electrons. The molecule has 2 rings (SSSR count). The summed E-state index contributed by atoms with van der Waals surface area (Å²) in [6.45, 7) is 9.07. The lowest BCUT2D eigenvalue weighted by Gasteiger charge is -2.19. The maximum Gasteiger partial charge on any atom is 0.313 e. The summed E-state index contributed by atoms with van der Waals surface area (Å²) in [6, 6.07) is 12.0. The number of halogens is 2. The molecule has 1 atom stereocenters. The van der Waals surface area contributed by atoms with Crippen LogP contribution in [-0.4, -0.2) is 28.6 Å². The molecule has 6 heteroatoms. The zero-order chi connectivity index (χ0) is 25.5. The highest BCUT2D eigenvalue weighted by Gasteiger charge is 2.20. The second-order valence-corrected chi connectivity index (χ2v) is 9.43. The summed E-state index contributed by atoms with van der Waals surface area (Å²) in [5, 5.41) is 10.4. The molecule has 0 aliphatic heterocycles. The molecule has 182 valence electrons. The number of aliphatic hydroxyl groups excluding tert-OH is 1. The number of hydrogen-bond acceptors (Lipinski definition) is 4. The normalized spacial score (nSPS) is 12.6. The topological polar surface area (TPSA) is 63.6 Å². The summed E-state index contributed by atoms with van der Waals surface area (Å²) in [5.41, 5.74) is 2.35. The molecule has 0 unspecified atom stereocenters. The molecule has 34 heavy (non-hydrogen) atoms. The summed E-state index contributed by atoms with van der Waals surface area (Å²) in [4.78, 5) is 24.0. The number of benzene rings is 2. The Morgan fingerprint density at radius 1 is 0.941 bits per heavy atom. The zero-order valence-electron chi connectivity index (χ0n) is 20.3. The van der Waals surface area contributed by atoms with E-state index in [0.717, 1.165) is 22.3 Å². The number of carbonyl (C=O) groups is 2. The number of allylic oxidation sites excluding steroid dienone is 2. The van der Waals surface area contributed by atoms with Gasteiger partial charge in [-0.2, -0.15) is 0 Å². The minimum absolute atomic E-state index is 0.00831. The average Bonchev–Trinajstić information content (AvgIpc) is 2.71. The second-order valence-electron chi connectivity index (χ2n) is 9.43. The van der Waals surface area contributed by atoms with Crippen molar-refractivity contribution >= 4 is 17.3 Å². The number of esters is 1. The Bertz CT molecular complexity index is 996. The van der Waals surface area contributed by atoms with Gasteiger partial charge >= 0.3 is 5.97 Å². The number of carbonyl (C=O) groups excluding carboxylic acids is 2. The van der Waals surface area contributed by atoms with Gasteiger partial charge < -0.3 is 9.84 Å². The van der Waals surface area contributed by atoms with E-state index in [4.69, 9.17) is 4.74 Å². The number of Topliss-reactive ketones (excluding diaryl/α,β-unsaturated/α-hetero) is 1. The Balaban J connectivity index is 2.32. The van der Waals surface area contributed by atoms with Gasteiger partial charge in [-0.05, 0) is 73.2 Å². The molecule has 2 aromatic rings. The highest BCUT2D eigenvalue weighted by Crippen LogP contribution is 2.32. The highest BCUT2D eigenvalue weighted by atomic mass is 19.1. The van der Waals surface area contributed by atoms with E-state index in [2.05, 4.69) is 0 Å². The van der Waals surface area contributed by atoms with Gasteiger partial charge in [0, 0.05) is 6.42 Å². The van der Waals surface area contributed by atoms with Gasteiger partial charge in [-0.1, -0.05) is 50.3 Å². The van der Waals surface area contributed by atoms with Crippen LogP contribution in [-0.2, 0) is 14.3 Å². The van der Waals surface area contributed by atoms with Crippen molar-refractivity contribution in [2.45, 2.75) is 59.2 Å². The van der Waals surface area contributed by atoms with Crippen molar-refractivity contribution < 1.29 is 28.2 Å². The van der Waals surface area contributed by atoms with Crippen molar-refractivity contribution in [3.63, 3.8) is 0 Å². The number of rotatable bonds is 9. The van der Waals surface area contributed by atoms with Gasteiger partial charge in [0.2, 0.25) is 0 Å². The van der Waals surface area contributed by atoms with Crippen molar-refractivity contribution in [3.8, 4) is 0 Å². The average molecular weight is 471 g/mol. The fourth-order valence-electron chi connectivity index (χ4n) is 3.42. The minimum atomic E-state index is -1.11. The van der Waals surface area contributed by atoms with Crippen LogP contribution in [0.5, 0.6) is 0 Å². The monoisotopic (exact) mass is 470 g/mol. The third-order valence-electron chi connectivity index (χ3n) is 4.87. The van der Waals surface area contributed by atoms with Gasteiger partial charge in [0.1, 0.15) is 29.4 Å². The van der Waals surface area contributed by atoms with Crippen LogP contribution in [0.25, 0.3) is 5.57 Å². The lowest BCUT2D eigenvalue weighted by molar-refractivity contribution is -0.156.